The summed E-state index contributed by atoms with van der Waals surface area (Å²) in [5.74, 6) is -1.24. The number of hydrogen-bond acceptors (Lipinski definition) is 6. The second-order valence-corrected chi connectivity index (χ2v) is 7.05. The maximum atomic E-state index is 12.9. The predicted molar refractivity (Wildman–Crippen MR) is 111 cm³/mol. The summed E-state index contributed by atoms with van der Waals surface area (Å²) in [6.45, 7) is 0.228. The SMILES string of the molecule is COc1cccc(C2/C(=C(\O)c3ccc(Cl)cc3)C(=O)C(=O)N2CCOCCO)c1. The average molecular weight is 432 g/mol. The van der Waals surface area contributed by atoms with E-state index in [1.807, 2.05) is 0 Å². The van der Waals surface area contributed by atoms with E-state index in [0.29, 0.717) is 21.9 Å². The second-order valence-electron chi connectivity index (χ2n) is 6.61. The molecule has 7 nitrogen and oxygen atoms in total. The molecule has 0 aliphatic carbocycles. The van der Waals surface area contributed by atoms with E-state index in [2.05, 4.69) is 0 Å². The molecule has 2 N–H and O–H groups in total. The lowest BCUT2D eigenvalue weighted by Crippen LogP contribution is -2.33. The van der Waals surface area contributed by atoms with Gasteiger partial charge in [-0.1, -0.05) is 23.7 Å². The topological polar surface area (TPSA) is 96.3 Å². The van der Waals surface area contributed by atoms with Crippen LogP contribution in [0.25, 0.3) is 5.76 Å². The van der Waals surface area contributed by atoms with Gasteiger partial charge in [0.05, 0.1) is 38.5 Å². The van der Waals surface area contributed by atoms with Crippen LogP contribution in [0.15, 0.2) is 54.1 Å². The number of methoxy groups -OCH3 is 1. The highest BCUT2D eigenvalue weighted by atomic mass is 35.5. The van der Waals surface area contributed by atoms with Crippen LogP contribution in [0.4, 0.5) is 0 Å². The maximum absolute atomic E-state index is 12.9. The molecule has 1 atom stereocenters. The van der Waals surface area contributed by atoms with Crippen molar-refractivity contribution in [3.8, 4) is 5.75 Å². The van der Waals surface area contributed by atoms with Gasteiger partial charge in [-0.15, -0.1) is 0 Å². The van der Waals surface area contributed by atoms with Crippen molar-refractivity contribution in [2.24, 2.45) is 0 Å². The molecule has 1 amide bonds. The normalized spacial score (nSPS) is 18.1. The first-order chi connectivity index (χ1) is 14.5. The molecule has 30 heavy (non-hydrogen) atoms. The summed E-state index contributed by atoms with van der Waals surface area (Å²) < 4.78 is 10.6. The number of hydrogen-bond donors (Lipinski definition) is 2. The van der Waals surface area contributed by atoms with E-state index in [9.17, 15) is 14.7 Å². The Labute approximate surface area is 179 Å². The molecule has 1 saturated heterocycles. The molecule has 1 heterocycles. The highest BCUT2D eigenvalue weighted by Gasteiger charge is 2.46. The van der Waals surface area contributed by atoms with Crippen molar-refractivity contribution in [1.29, 1.82) is 0 Å². The summed E-state index contributed by atoms with van der Waals surface area (Å²) in [6, 6.07) is 12.5. The Bertz CT molecular complexity index is 956. The fourth-order valence-corrected chi connectivity index (χ4v) is 3.49. The van der Waals surface area contributed by atoms with Crippen LogP contribution in [-0.4, -0.2) is 60.3 Å². The van der Waals surface area contributed by atoms with Gasteiger partial charge in [-0.3, -0.25) is 9.59 Å². The molecule has 2 aromatic carbocycles. The minimum absolute atomic E-state index is 0.0160. The molecule has 2 aromatic rings. The summed E-state index contributed by atoms with van der Waals surface area (Å²) in [6.07, 6.45) is 0. The first-order valence-corrected chi connectivity index (χ1v) is 9.72. The van der Waals surface area contributed by atoms with Crippen LogP contribution in [-0.2, 0) is 14.3 Å². The minimum atomic E-state index is -0.812. The summed E-state index contributed by atoms with van der Waals surface area (Å²) in [7, 11) is 1.52. The number of likely N-dealkylation sites (tertiary alicyclic amines) is 1. The van der Waals surface area contributed by atoms with Crippen molar-refractivity contribution in [3.05, 3.63) is 70.3 Å². The summed E-state index contributed by atoms with van der Waals surface area (Å²) in [5.41, 5.74) is 0.978. The highest BCUT2D eigenvalue weighted by Crippen LogP contribution is 2.40. The monoisotopic (exact) mass is 431 g/mol. The molecule has 0 radical (unpaired) electrons. The molecule has 0 bridgehead atoms. The van der Waals surface area contributed by atoms with Crippen LogP contribution in [0.2, 0.25) is 5.02 Å². The molecule has 0 spiro atoms. The van der Waals surface area contributed by atoms with Crippen molar-refractivity contribution in [1.82, 2.24) is 4.90 Å². The second kappa shape index (κ2) is 9.75. The van der Waals surface area contributed by atoms with Crippen molar-refractivity contribution in [2.75, 3.05) is 33.5 Å². The number of rotatable bonds is 8. The first-order valence-electron chi connectivity index (χ1n) is 9.34. The minimum Gasteiger partial charge on any atom is -0.507 e. The van der Waals surface area contributed by atoms with Gasteiger partial charge in [0.25, 0.3) is 11.7 Å². The van der Waals surface area contributed by atoms with E-state index in [4.69, 9.17) is 26.2 Å². The number of Topliss-reactive ketones (excluding diaryl/α,β-unsaturated/α-hetero) is 1. The van der Waals surface area contributed by atoms with E-state index in [-0.39, 0.29) is 37.7 Å². The number of amides is 1. The van der Waals surface area contributed by atoms with Gasteiger partial charge in [-0.25, -0.2) is 0 Å². The Balaban J connectivity index is 2.08. The Hall–Kier alpha value is -2.87. The Morgan fingerprint density at radius 3 is 2.53 bits per heavy atom. The summed E-state index contributed by atoms with van der Waals surface area (Å²) in [5, 5.41) is 20.3. The van der Waals surface area contributed by atoms with Crippen LogP contribution in [0, 0.1) is 0 Å². The van der Waals surface area contributed by atoms with E-state index in [1.165, 1.54) is 12.0 Å². The van der Waals surface area contributed by atoms with Gasteiger partial charge in [0.1, 0.15) is 11.5 Å². The first kappa shape index (κ1) is 21.8. The quantitative estimate of drug-likeness (QED) is 0.289. The zero-order valence-corrected chi connectivity index (χ0v) is 17.1. The number of aliphatic hydroxyl groups excluding tert-OH is 2. The van der Waals surface area contributed by atoms with Gasteiger partial charge < -0.3 is 24.6 Å². The number of carbonyl (C=O) groups is 2. The van der Waals surface area contributed by atoms with Crippen molar-refractivity contribution < 1.29 is 29.3 Å². The Kier molecular flexibility index (Phi) is 7.10. The van der Waals surface area contributed by atoms with E-state index < -0.39 is 17.7 Å². The van der Waals surface area contributed by atoms with Gasteiger partial charge in [0, 0.05) is 17.1 Å². The summed E-state index contributed by atoms with van der Waals surface area (Å²) in [4.78, 5) is 27.0. The third-order valence-corrected chi connectivity index (χ3v) is 5.03. The fraction of sp³-hybridized carbons (Fsp3) is 0.273. The zero-order valence-electron chi connectivity index (χ0n) is 16.4. The number of benzene rings is 2. The Morgan fingerprint density at radius 1 is 1.13 bits per heavy atom. The van der Waals surface area contributed by atoms with Gasteiger partial charge in [-0.05, 0) is 42.0 Å². The lowest BCUT2D eigenvalue weighted by molar-refractivity contribution is -0.140. The smallest absolute Gasteiger partial charge is 0.295 e. The standard InChI is InChI=1S/C22H22ClNO6/c1-29-17-4-2-3-15(13-17)19-18(20(26)14-5-7-16(23)8-6-14)21(27)22(28)24(19)9-11-30-12-10-25/h2-8,13,19,25-26H,9-12H2,1H3/b20-18+. The number of ether oxygens (including phenoxy) is 2. The predicted octanol–water partition coefficient (Wildman–Crippen LogP) is 2.78. The molecule has 158 valence electrons. The van der Waals surface area contributed by atoms with Crippen molar-refractivity contribution in [3.63, 3.8) is 0 Å². The van der Waals surface area contributed by atoms with Crippen LogP contribution < -0.4 is 4.74 Å². The van der Waals surface area contributed by atoms with Crippen molar-refractivity contribution >= 4 is 29.1 Å². The molecule has 3 rings (SSSR count). The summed E-state index contributed by atoms with van der Waals surface area (Å²) >= 11 is 5.92. The van der Waals surface area contributed by atoms with Crippen LogP contribution >= 0.6 is 11.6 Å². The third-order valence-electron chi connectivity index (χ3n) is 4.78. The molecule has 0 saturated carbocycles. The lowest BCUT2D eigenvalue weighted by atomic mass is 9.95. The molecular weight excluding hydrogens is 410 g/mol. The van der Waals surface area contributed by atoms with E-state index >= 15 is 0 Å². The maximum Gasteiger partial charge on any atom is 0.295 e. The van der Waals surface area contributed by atoms with E-state index in [1.54, 1.807) is 48.5 Å². The van der Waals surface area contributed by atoms with Gasteiger partial charge in [0.2, 0.25) is 0 Å². The molecule has 1 fully saturated rings. The van der Waals surface area contributed by atoms with E-state index in [0.717, 1.165) is 0 Å². The number of ketones is 1. The van der Waals surface area contributed by atoms with Gasteiger partial charge in [0.15, 0.2) is 0 Å². The van der Waals surface area contributed by atoms with Crippen LogP contribution in [0.3, 0.4) is 0 Å². The molecule has 1 unspecified atom stereocenters. The highest BCUT2D eigenvalue weighted by molar-refractivity contribution is 6.46. The third kappa shape index (κ3) is 4.48. The number of nitrogens with zero attached hydrogens (tertiary/aromatic N) is 1. The van der Waals surface area contributed by atoms with Crippen molar-refractivity contribution in [2.45, 2.75) is 6.04 Å². The molecule has 8 heteroatoms. The molecule has 1 aliphatic rings. The number of carbonyl (C=O) groups excluding carboxylic acids is 2. The largest absolute Gasteiger partial charge is 0.507 e. The fourth-order valence-electron chi connectivity index (χ4n) is 3.36. The van der Waals surface area contributed by atoms with Crippen LogP contribution in [0.5, 0.6) is 5.75 Å². The molecular formula is C22H22ClNO6. The Morgan fingerprint density at radius 2 is 1.87 bits per heavy atom. The molecule has 0 aromatic heterocycles. The number of aliphatic hydroxyl groups is 2. The lowest BCUT2D eigenvalue weighted by Gasteiger charge is -2.25. The van der Waals surface area contributed by atoms with Gasteiger partial charge >= 0.3 is 0 Å². The molecule has 1 aliphatic heterocycles. The zero-order chi connectivity index (χ0) is 21.7. The van der Waals surface area contributed by atoms with Crippen LogP contribution in [0.1, 0.15) is 17.2 Å². The van der Waals surface area contributed by atoms with Gasteiger partial charge in [-0.2, -0.15) is 0 Å². The average Bonchev–Trinajstić information content (AvgIpc) is 3.01. The number of halogens is 1.